The molecule has 0 bridgehead atoms. The maximum Gasteiger partial charge on any atom is 0.228 e. The molecule has 0 N–H and O–H groups in total. The highest BCUT2D eigenvalue weighted by molar-refractivity contribution is 6.31. The number of amides is 1. The fourth-order valence-electron chi connectivity index (χ4n) is 4.10. The van der Waals surface area contributed by atoms with Crippen LogP contribution in [0.2, 0.25) is 5.02 Å². The Bertz CT molecular complexity index is 627. The lowest BCUT2D eigenvalue weighted by molar-refractivity contribution is -0.140. The summed E-state index contributed by atoms with van der Waals surface area (Å²) in [5.41, 5.74) is 0.800. The Kier molecular flexibility index (Phi) is 6.13. The first-order valence-electron chi connectivity index (χ1n) is 9.24. The van der Waals surface area contributed by atoms with Crippen molar-refractivity contribution in [1.29, 1.82) is 0 Å². The van der Waals surface area contributed by atoms with Gasteiger partial charge in [0.2, 0.25) is 5.91 Å². The number of rotatable bonds is 6. The third kappa shape index (κ3) is 4.24. The molecule has 1 saturated carbocycles. The minimum Gasteiger partial charge on any atom is -0.365 e. The molecule has 1 aromatic rings. The molecule has 1 amide bonds. The minimum atomic E-state index is -0.460. The van der Waals surface area contributed by atoms with Crippen molar-refractivity contribution >= 4 is 23.3 Å². The van der Waals surface area contributed by atoms with Crippen LogP contribution in [0.5, 0.6) is 0 Å². The summed E-state index contributed by atoms with van der Waals surface area (Å²) < 4.78 is 5.88. The molecule has 0 aromatic heterocycles. The van der Waals surface area contributed by atoms with Gasteiger partial charge in [-0.1, -0.05) is 49.1 Å². The third-order valence-corrected chi connectivity index (χ3v) is 5.68. The highest BCUT2D eigenvalue weighted by Crippen LogP contribution is 2.39. The van der Waals surface area contributed by atoms with Crippen LogP contribution in [0.1, 0.15) is 57.1 Å². The first-order chi connectivity index (χ1) is 12.1. The molecule has 2 atom stereocenters. The minimum absolute atomic E-state index is 0.00307. The number of ketones is 1. The van der Waals surface area contributed by atoms with Gasteiger partial charge in [-0.25, -0.2) is 0 Å². The third-order valence-electron chi connectivity index (χ3n) is 5.34. The van der Waals surface area contributed by atoms with Gasteiger partial charge in [0.25, 0.3) is 0 Å². The molecule has 25 heavy (non-hydrogen) atoms. The molecule has 2 fully saturated rings. The van der Waals surface area contributed by atoms with Crippen LogP contribution in [-0.4, -0.2) is 35.8 Å². The molecular formula is C20H26ClNO3. The first-order valence-corrected chi connectivity index (χ1v) is 9.61. The van der Waals surface area contributed by atoms with Crippen LogP contribution in [0.25, 0.3) is 0 Å². The van der Waals surface area contributed by atoms with Gasteiger partial charge in [0.05, 0.1) is 12.0 Å². The number of ether oxygens (including phenoxy) is 1. The van der Waals surface area contributed by atoms with Crippen molar-refractivity contribution in [3.8, 4) is 0 Å². The zero-order valence-electron chi connectivity index (χ0n) is 14.7. The molecule has 0 spiro atoms. The molecule has 1 saturated heterocycles. The second-order valence-corrected chi connectivity index (χ2v) is 7.58. The second kappa shape index (κ2) is 8.33. The largest absolute Gasteiger partial charge is 0.365 e. The molecular weight excluding hydrogens is 338 g/mol. The lowest BCUT2D eigenvalue weighted by Crippen LogP contribution is -2.39. The molecule has 2 unspecified atom stereocenters. The summed E-state index contributed by atoms with van der Waals surface area (Å²) in [5.74, 6) is -0.159. The zero-order chi connectivity index (χ0) is 17.8. The molecule has 136 valence electrons. The number of Topliss-reactive ketones (excluding diaryl/α,β-unsaturated/α-hetero) is 1. The number of halogens is 1. The van der Waals surface area contributed by atoms with E-state index in [1.54, 1.807) is 6.07 Å². The Hall–Kier alpha value is -1.39. The Labute approximate surface area is 154 Å². The van der Waals surface area contributed by atoms with E-state index >= 15 is 0 Å². The standard InChI is InChI=1S/C20H26ClNO3/c1-14(23)13-25-19(16-9-5-6-10-18(16)21)17-11-12-22(20(17)24)15-7-3-2-4-8-15/h5-6,9-10,15,17,19H,2-4,7-8,11-13H2,1H3. The van der Waals surface area contributed by atoms with Crippen LogP contribution >= 0.6 is 11.6 Å². The Morgan fingerprint density at radius 1 is 1.24 bits per heavy atom. The summed E-state index contributed by atoms with van der Waals surface area (Å²) in [7, 11) is 0. The Morgan fingerprint density at radius 2 is 1.96 bits per heavy atom. The molecule has 1 aromatic carbocycles. The maximum absolute atomic E-state index is 13.1. The average Bonchev–Trinajstić information content (AvgIpc) is 2.99. The lowest BCUT2D eigenvalue weighted by atomic mass is 9.92. The van der Waals surface area contributed by atoms with E-state index in [1.807, 2.05) is 23.1 Å². The lowest BCUT2D eigenvalue weighted by Gasteiger charge is -2.32. The van der Waals surface area contributed by atoms with E-state index in [2.05, 4.69) is 0 Å². The van der Waals surface area contributed by atoms with Crippen LogP contribution < -0.4 is 0 Å². The highest BCUT2D eigenvalue weighted by atomic mass is 35.5. The molecule has 5 heteroatoms. The van der Waals surface area contributed by atoms with E-state index in [9.17, 15) is 9.59 Å². The van der Waals surface area contributed by atoms with Gasteiger partial charge >= 0.3 is 0 Å². The van der Waals surface area contributed by atoms with Crippen molar-refractivity contribution in [1.82, 2.24) is 4.90 Å². The van der Waals surface area contributed by atoms with Crippen molar-refractivity contribution in [3.05, 3.63) is 34.9 Å². The van der Waals surface area contributed by atoms with Crippen LogP contribution in [0, 0.1) is 5.92 Å². The van der Waals surface area contributed by atoms with Crippen molar-refractivity contribution in [2.24, 2.45) is 5.92 Å². The molecule has 1 aliphatic heterocycles. The van der Waals surface area contributed by atoms with Crippen molar-refractivity contribution in [2.45, 2.75) is 57.6 Å². The summed E-state index contributed by atoms with van der Waals surface area (Å²) in [6.45, 7) is 2.27. The van der Waals surface area contributed by atoms with Gasteiger partial charge in [0, 0.05) is 23.2 Å². The number of hydrogen-bond donors (Lipinski definition) is 0. The fraction of sp³-hybridized carbons (Fsp3) is 0.600. The predicted molar refractivity (Wildman–Crippen MR) is 97.5 cm³/mol. The number of hydrogen-bond acceptors (Lipinski definition) is 3. The van der Waals surface area contributed by atoms with Crippen molar-refractivity contribution in [2.75, 3.05) is 13.2 Å². The summed E-state index contributed by atoms with van der Waals surface area (Å²) >= 11 is 6.36. The summed E-state index contributed by atoms with van der Waals surface area (Å²) in [5, 5.41) is 0.583. The number of benzene rings is 1. The van der Waals surface area contributed by atoms with Crippen LogP contribution in [0.3, 0.4) is 0 Å². The summed E-state index contributed by atoms with van der Waals surface area (Å²) in [6.07, 6.45) is 6.17. The van der Waals surface area contributed by atoms with E-state index in [-0.39, 0.29) is 24.2 Å². The smallest absolute Gasteiger partial charge is 0.228 e. The highest BCUT2D eigenvalue weighted by Gasteiger charge is 2.42. The Morgan fingerprint density at radius 3 is 2.64 bits per heavy atom. The first kappa shape index (κ1) is 18.4. The number of carbonyl (C=O) groups excluding carboxylic acids is 2. The summed E-state index contributed by atoms with van der Waals surface area (Å²) in [4.78, 5) is 26.6. The quantitative estimate of drug-likeness (QED) is 0.762. The number of nitrogens with zero attached hydrogens (tertiary/aromatic N) is 1. The molecule has 1 aliphatic carbocycles. The van der Waals surface area contributed by atoms with Gasteiger partial charge < -0.3 is 9.64 Å². The maximum atomic E-state index is 13.1. The number of likely N-dealkylation sites (tertiary alicyclic amines) is 1. The Balaban J connectivity index is 1.79. The fourth-order valence-corrected chi connectivity index (χ4v) is 4.34. The zero-order valence-corrected chi connectivity index (χ0v) is 15.5. The van der Waals surface area contributed by atoms with Crippen molar-refractivity contribution in [3.63, 3.8) is 0 Å². The summed E-state index contributed by atoms with van der Waals surface area (Å²) in [6, 6.07) is 7.82. The van der Waals surface area contributed by atoms with E-state index in [0.717, 1.165) is 31.4 Å². The molecule has 3 rings (SSSR count). The van der Waals surface area contributed by atoms with Crippen LogP contribution in [-0.2, 0) is 14.3 Å². The normalized spacial score (nSPS) is 23.0. The van der Waals surface area contributed by atoms with Gasteiger partial charge in [0.1, 0.15) is 6.61 Å². The van der Waals surface area contributed by atoms with Crippen LogP contribution in [0.15, 0.2) is 24.3 Å². The predicted octanol–water partition coefficient (Wildman–Crippen LogP) is 4.17. The van der Waals surface area contributed by atoms with Gasteiger partial charge in [-0.05, 0) is 32.3 Å². The van der Waals surface area contributed by atoms with Crippen LogP contribution in [0.4, 0.5) is 0 Å². The SMILES string of the molecule is CC(=O)COC(c1ccccc1Cl)C1CCN(C2CCCCC2)C1=O. The van der Waals surface area contributed by atoms with Gasteiger partial charge in [0.15, 0.2) is 5.78 Å². The average molecular weight is 364 g/mol. The van der Waals surface area contributed by atoms with E-state index in [4.69, 9.17) is 16.3 Å². The molecule has 0 radical (unpaired) electrons. The number of carbonyl (C=O) groups is 2. The van der Waals surface area contributed by atoms with Crippen molar-refractivity contribution < 1.29 is 14.3 Å². The van der Waals surface area contributed by atoms with E-state index in [0.29, 0.717) is 11.1 Å². The van der Waals surface area contributed by atoms with Gasteiger partial charge in [-0.15, -0.1) is 0 Å². The topological polar surface area (TPSA) is 46.6 Å². The van der Waals surface area contributed by atoms with Gasteiger partial charge in [-0.2, -0.15) is 0 Å². The van der Waals surface area contributed by atoms with Gasteiger partial charge in [-0.3, -0.25) is 9.59 Å². The van der Waals surface area contributed by atoms with E-state index in [1.165, 1.54) is 26.2 Å². The second-order valence-electron chi connectivity index (χ2n) is 7.17. The monoisotopic (exact) mass is 363 g/mol. The van der Waals surface area contributed by atoms with E-state index < -0.39 is 6.10 Å². The molecule has 2 aliphatic rings. The molecule has 1 heterocycles. The molecule has 4 nitrogen and oxygen atoms in total.